The fraction of sp³-hybridized carbons (Fsp3) is 0.571. The summed E-state index contributed by atoms with van der Waals surface area (Å²) in [6.45, 7) is 0.320. The third-order valence-corrected chi connectivity index (χ3v) is 5.12. The molecule has 1 aromatic carbocycles. The van der Waals surface area contributed by atoms with Crippen molar-refractivity contribution in [1.82, 2.24) is 4.72 Å². The van der Waals surface area contributed by atoms with Crippen molar-refractivity contribution in [3.8, 4) is 0 Å². The lowest BCUT2D eigenvalue weighted by atomic mass is 9.91. The van der Waals surface area contributed by atoms with Crippen LogP contribution in [-0.4, -0.2) is 14.2 Å². The van der Waals surface area contributed by atoms with Crippen LogP contribution in [0.5, 0.6) is 0 Å². The molecule has 5 heteroatoms. The summed E-state index contributed by atoms with van der Waals surface area (Å²) < 4.78 is 26.7. The second-order valence-electron chi connectivity index (χ2n) is 5.35. The molecule has 0 heterocycles. The van der Waals surface area contributed by atoms with Crippen LogP contribution in [0.1, 0.15) is 37.7 Å². The van der Waals surface area contributed by atoms with Crippen LogP contribution in [0.4, 0.5) is 5.69 Å². The highest BCUT2D eigenvalue weighted by Crippen LogP contribution is 2.24. The van der Waals surface area contributed by atoms with Gasteiger partial charge in [0.2, 0.25) is 10.0 Å². The Kier molecular flexibility index (Phi) is 4.82. The summed E-state index contributed by atoms with van der Waals surface area (Å²) in [5, 5.41) is 0. The summed E-state index contributed by atoms with van der Waals surface area (Å²) in [5.74, 6) is 0.585. The van der Waals surface area contributed by atoms with E-state index in [0.717, 1.165) is 31.2 Å². The van der Waals surface area contributed by atoms with E-state index in [-0.39, 0.29) is 5.75 Å². The van der Waals surface area contributed by atoms with Gasteiger partial charge in [0.15, 0.2) is 0 Å². The topological polar surface area (TPSA) is 72.2 Å². The third-order valence-electron chi connectivity index (χ3n) is 3.63. The fourth-order valence-electron chi connectivity index (χ4n) is 2.62. The summed E-state index contributed by atoms with van der Waals surface area (Å²) in [6, 6.07) is 7.29. The van der Waals surface area contributed by atoms with Gasteiger partial charge in [-0.1, -0.05) is 31.4 Å². The zero-order valence-corrected chi connectivity index (χ0v) is 12.0. The van der Waals surface area contributed by atoms with Gasteiger partial charge in [-0.05, 0) is 36.5 Å². The lowest BCUT2D eigenvalue weighted by molar-refractivity contribution is 0.384. The van der Waals surface area contributed by atoms with Gasteiger partial charge in [0.05, 0.1) is 5.75 Å². The molecule has 1 aliphatic carbocycles. The summed E-state index contributed by atoms with van der Waals surface area (Å²) in [7, 11) is -3.18. The largest absolute Gasteiger partial charge is 0.399 e. The molecule has 2 rings (SSSR count). The maximum atomic E-state index is 12.0. The molecule has 0 aliphatic heterocycles. The van der Waals surface area contributed by atoms with E-state index in [1.54, 1.807) is 12.1 Å². The van der Waals surface area contributed by atoms with Gasteiger partial charge in [0, 0.05) is 12.2 Å². The van der Waals surface area contributed by atoms with Crippen molar-refractivity contribution in [2.45, 2.75) is 38.6 Å². The molecule has 0 saturated heterocycles. The van der Waals surface area contributed by atoms with Crippen LogP contribution in [0, 0.1) is 5.92 Å². The first-order valence-electron chi connectivity index (χ1n) is 6.87. The van der Waals surface area contributed by atoms with Crippen molar-refractivity contribution in [3.63, 3.8) is 0 Å². The van der Waals surface area contributed by atoms with Crippen molar-refractivity contribution in [3.05, 3.63) is 29.8 Å². The number of hydrogen-bond donors (Lipinski definition) is 2. The van der Waals surface area contributed by atoms with Crippen LogP contribution in [-0.2, 0) is 16.6 Å². The lowest BCUT2D eigenvalue weighted by Gasteiger charge is -2.21. The van der Waals surface area contributed by atoms with Gasteiger partial charge in [-0.25, -0.2) is 13.1 Å². The van der Waals surface area contributed by atoms with Crippen LogP contribution in [0.25, 0.3) is 0 Å². The minimum Gasteiger partial charge on any atom is -0.399 e. The van der Waals surface area contributed by atoms with Gasteiger partial charge in [-0.3, -0.25) is 0 Å². The Morgan fingerprint density at radius 3 is 2.63 bits per heavy atom. The molecular weight excluding hydrogens is 260 g/mol. The van der Waals surface area contributed by atoms with Crippen molar-refractivity contribution in [2.75, 3.05) is 11.5 Å². The first kappa shape index (κ1) is 14.3. The van der Waals surface area contributed by atoms with E-state index < -0.39 is 10.0 Å². The molecule has 0 amide bonds. The van der Waals surface area contributed by atoms with E-state index in [1.807, 2.05) is 12.1 Å². The standard InChI is InChI=1S/C14H22N2O2S/c15-14-8-4-7-13(9-14)10-16-19(17,18)11-12-5-2-1-3-6-12/h4,7-9,12,16H,1-3,5-6,10-11,15H2. The zero-order valence-electron chi connectivity index (χ0n) is 11.1. The Morgan fingerprint density at radius 1 is 1.21 bits per heavy atom. The zero-order chi connectivity index (χ0) is 13.7. The Labute approximate surface area is 115 Å². The Morgan fingerprint density at radius 2 is 1.95 bits per heavy atom. The van der Waals surface area contributed by atoms with E-state index in [9.17, 15) is 8.42 Å². The molecule has 0 atom stereocenters. The first-order chi connectivity index (χ1) is 9.05. The third kappa shape index (κ3) is 4.84. The molecule has 3 N–H and O–H groups in total. The van der Waals surface area contributed by atoms with Gasteiger partial charge < -0.3 is 5.73 Å². The monoisotopic (exact) mass is 282 g/mol. The number of rotatable bonds is 5. The summed E-state index contributed by atoms with van der Waals surface area (Å²) >= 11 is 0. The molecular formula is C14H22N2O2S. The maximum Gasteiger partial charge on any atom is 0.212 e. The first-order valence-corrected chi connectivity index (χ1v) is 8.52. The van der Waals surface area contributed by atoms with Gasteiger partial charge in [0.1, 0.15) is 0 Å². The molecule has 106 valence electrons. The molecule has 0 bridgehead atoms. The Balaban J connectivity index is 1.86. The summed E-state index contributed by atoms with van der Waals surface area (Å²) in [6.07, 6.45) is 5.65. The molecule has 0 spiro atoms. The molecule has 19 heavy (non-hydrogen) atoms. The smallest absolute Gasteiger partial charge is 0.212 e. The minimum atomic E-state index is -3.18. The highest BCUT2D eigenvalue weighted by Gasteiger charge is 2.20. The van der Waals surface area contributed by atoms with Crippen LogP contribution in [0.3, 0.4) is 0 Å². The van der Waals surface area contributed by atoms with E-state index >= 15 is 0 Å². The molecule has 0 radical (unpaired) electrons. The van der Waals surface area contributed by atoms with Crippen LogP contribution >= 0.6 is 0 Å². The van der Waals surface area contributed by atoms with Gasteiger partial charge in [0.25, 0.3) is 0 Å². The van der Waals surface area contributed by atoms with Crippen molar-refractivity contribution in [1.29, 1.82) is 0 Å². The van der Waals surface area contributed by atoms with Gasteiger partial charge in [-0.15, -0.1) is 0 Å². The number of anilines is 1. The van der Waals surface area contributed by atoms with Crippen LogP contribution in [0.15, 0.2) is 24.3 Å². The minimum absolute atomic E-state index is 0.259. The summed E-state index contributed by atoms with van der Waals surface area (Å²) in [4.78, 5) is 0. The normalized spacial score (nSPS) is 17.5. The van der Waals surface area contributed by atoms with Gasteiger partial charge >= 0.3 is 0 Å². The number of hydrogen-bond acceptors (Lipinski definition) is 3. The molecule has 1 aromatic rings. The van der Waals surface area contributed by atoms with Gasteiger partial charge in [-0.2, -0.15) is 0 Å². The SMILES string of the molecule is Nc1cccc(CNS(=O)(=O)CC2CCCCC2)c1. The molecule has 1 saturated carbocycles. The lowest BCUT2D eigenvalue weighted by Crippen LogP contribution is -2.30. The summed E-state index contributed by atoms with van der Waals surface area (Å²) in [5.41, 5.74) is 7.22. The average Bonchev–Trinajstić information content (AvgIpc) is 2.37. The number of nitrogens with two attached hydrogens (primary N) is 1. The number of sulfonamides is 1. The van der Waals surface area contributed by atoms with E-state index in [4.69, 9.17) is 5.73 Å². The molecule has 0 unspecified atom stereocenters. The average molecular weight is 282 g/mol. The van der Waals surface area contributed by atoms with Crippen molar-refractivity contribution < 1.29 is 8.42 Å². The Hall–Kier alpha value is -1.07. The van der Waals surface area contributed by atoms with Crippen LogP contribution < -0.4 is 10.5 Å². The Bertz CT molecular complexity index is 508. The maximum absolute atomic E-state index is 12.0. The second kappa shape index (κ2) is 6.39. The molecule has 1 fully saturated rings. The molecule has 1 aliphatic rings. The fourth-order valence-corrected chi connectivity index (χ4v) is 4.08. The molecule has 4 nitrogen and oxygen atoms in total. The number of benzene rings is 1. The van der Waals surface area contributed by atoms with E-state index in [2.05, 4.69) is 4.72 Å². The highest BCUT2D eigenvalue weighted by molar-refractivity contribution is 7.89. The number of nitrogen functional groups attached to an aromatic ring is 1. The number of nitrogens with one attached hydrogen (secondary N) is 1. The highest BCUT2D eigenvalue weighted by atomic mass is 32.2. The van der Waals surface area contributed by atoms with E-state index in [1.165, 1.54) is 6.42 Å². The van der Waals surface area contributed by atoms with Crippen LogP contribution in [0.2, 0.25) is 0 Å². The second-order valence-corrected chi connectivity index (χ2v) is 7.20. The van der Waals surface area contributed by atoms with E-state index in [0.29, 0.717) is 18.2 Å². The molecule has 0 aromatic heterocycles. The predicted molar refractivity (Wildman–Crippen MR) is 78.1 cm³/mol. The predicted octanol–water partition coefficient (Wildman–Crippen LogP) is 2.27. The van der Waals surface area contributed by atoms with Crippen molar-refractivity contribution in [2.24, 2.45) is 5.92 Å². The van der Waals surface area contributed by atoms with Crippen molar-refractivity contribution >= 4 is 15.7 Å². The quantitative estimate of drug-likeness (QED) is 0.814.